The molecular formula is C10H18N4O2. The number of rotatable bonds is 6. The van der Waals surface area contributed by atoms with Crippen LogP contribution in [0, 0.1) is 0 Å². The van der Waals surface area contributed by atoms with E-state index in [1.165, 1.54) is 0 Å². The molecule has 1 aromatic heterocycles. The van der Waals surface area contributed by atoms with Crippen LogP contribution >= 0.6 is 0 Å². The van der Waals surface area contributed by atoms with Crippen molar-refractivity contribution in [1.82, 2.24) is 10.2 Å². The molecule has 1 aromatic rings. The van der Waals surface area contributed by atoms with Crippen molar-refractivity contribution in [2.75, 3.05) is 31.3 Å². The Bertz CT molecular complexity index is 313. The van der Waals surface area contributed by atoms with Gasteiger partial charge in [0.2, 0.25) is 0 Å². The van der Waals surface area contributed by atoms with Gasteiger partial charge in [0.15, 0.2) is 0 Å². The molecule has 90 valence electrons. The van der Waals surface area contributed by atoms with E-state index in [1.54, 1.807) is 26.2 Å². The zero-order chi connectivity index (χ0) is 12.0. The Kier molecular flexibility index (Phi) is 4.45. The second-order valence-electron chi connectivity index (χ2n) is 3.94. The van der Waals surface area contributed by atoms with Crippen molar-refractivity contribution in [3.63, 3.8) is 0 Å². The van der Waals surface area contributed by atoms with E-state index in [4.69, 9.17) is 10.5 Å². The van der Waals surface area contributed by atoms with Crippen LogP contribution in [0.3, 0.4) is 0 Å². The highest BCUT2D eigenvalue weighted by Crippen LogP contribution is 2.11. The van der Waals surface area contributed by atoms with Gasteiger partial charge in [0.05, 0.1) is 5.60 Å². The van der Waals surface area contributed by atoms with Crippen molar-refractivity contribution < 1.29 is 9.84 Å². The Morgan fingerprint density at radius 3 is 2.81 bits per heavy atom. The number of nitrogens with one attached hydrogen (secondary N) is 1. The van der Waals surface area contributed by atoms with Gasteiger partial charge < -0.3 is 20.9 Å². The molecule has 0 bridgehead atoms. The molecule has 4 N–H and O–H groups in total. The molecule has 1 heterocycles. The number of hydrogen-bond acceptors (Lipinski definition) is 6. The summed E-state index contributed by atoms with van der Waals surface area (Å²) in [6.45, 7) is 2.64. The molecule has 0 radical (unpaired) electrons. The Morgan fingerprint density at radius 1 is 1.50 bits per heavy atom. The van der Waals surface area contributed by atoms with Crippen LogP contribution in [0.15, 0.2) is 12.1 Å². The summed E-state index contributed by atoms with van der Waals surface area (Å²) in [7, 11) is 1.61. The largest absolute Gasteiger partial charge is 0.388 e. The van der Waals surface area contributed by atoms with E-state index in [0.717, 1.165) is 0 Å². The molecule has 6 heteroatoms. The molecule has 0 spiro atoms. The number of nitrogens with zero attached hydrogens (tertiary/aromatic N) is 2. The molecule has 0 saturated carbocycles. The summed E-state index contributed by atoms with van der Waals surface area (Å²) in [5, 5.41) is 20.5. The third-order valence-corrected chi connectivity index (χ3v) is 2.18. The summed E-state index contributed by atoms with van der Waals surface area (Å²) < 4.78 is 4.91. The molecule has 6 nitrogen and oxygen atoms in total. The summed E-state index contributed by atoms with van der Waals surface area (Å²) >= 11 is 0. The first-order valence-electron chi connectivity index (χ1n) is 5.08. The molecule has 1 unspecified atom stereocenters. The van der Waals surface area contributed by atoms with Gasteiger partial charge in [0.25, 0.3) is 0 Å². The number of nitrogens with two attached hydrogens (primary N) is 1. The number of nitrogen functional groups attached to an aromatic ring is 1. The second kappa shape index (κ2) is 5.62. The van der Waals surface area contributed by atoms with Gasteiger partial charge in [0.1, 0.15) is 11.6 Å². The minimum Gasteiger partial charge on any atom is -0.388 e. The number of ether oxygens (including phenoxy) is 1. The maximum absolute atomic E-state index is 9.95. The monoisotopic (exact) mass is 226 g/mol. The lowest BCUT2D eigenvalue weighted by Gasteiger charge is -2.23. The molecule has 1 atom stereocenters. The van der Waals surface area contributed by atoms with Gasteiger partial charge in [-0.1, -0.05) is 0 Å². The first-order chi connectivity index (χ1) is 7.53. The van der Waals surface area contributed by atoms with Crippen LogP contribution in [-0.4, -0.2) is 41.2 Å². The van der Waals surface area contributed by atoms with Gasteiger partial charge in [-0.25, -0.2) is 0 Å². The fourth-order valence-corrected chi connectivity index (χ4v) is 1.13. The molecule has 16 heavy (non-hydrogen) atoms. The third-order valence-electron chi connectivity index (χ3n) is 2.18. The van der Waals surface area contributed by atoms with Gasteiger partial charge >= 0.3 is 0 Å². The lowest BCUT2D eigenvalue weighted by molar-refractivity contribution is 0.0357. The topological polar surface area (TPSA) is 93.3 Å². The van der Waals surface area contributed by atoms with E-state index in [2.05, 4.69) is 15.5 Å². The first kappa shape index (κ1) is 12.7. The highest BCUT2D eigenvalue weighted by atomic mass is 16.5. The fraction of sp³-hybridized carbons (Fsp3) is 0.600. The minimum absolute atomic E-state index is 0.372. The first-order valence-corrected chi connectivity index (χ1v) is 5.08. The van der Waals surface area contributed by atoms with Crippen molar-refractivity contribution in [3.05, 3.63) is 12.1 Å². The molecule has 0 aliphatic heterocycles. The molecule has 0 aliphatic rings. The van der Waals surface area contributed by atoms with Gasteiger partial charge in [-0.05, 0) is 19.1 Å². The molecule has 0 fully saturated rings. The van der Waals surface area contributed by atoms with E-state index < -0.39 is 5.60 Å². The van der Waals surface area contributed by atoms with E-state index in [9.17, 15) is 5.11 Å². The maximum atomic E-state index is 9.95. The second-order valence-corrected chi connectivity index (χ2v) is 3.94. The van der Waals surface area contributed by atoms with Crippen LogP contribution in [0.1, 0.15) is 13.3 Å². The number of anilines is 2. The summed E-state index contributed by atoms with van der Waals surface area (Å²) in [5.41, 5.74) is 4.57. The van der Waals surface area contributed by atoms with Crippen LogP contribution in [0.4, 0.5) is 11.6 Å². The van der Waals surface area contributed by atoms with Gasteiger partial charge in [-0.15, -0.1) is 10.2 Å². The van der Waals surface area contributed by atoms with Gasteiger partial charge in [-0.2, -0.15) is 0 Å². The van der Waals surface area contributed by atoms with Crippen molar-refractivity contribution in [1.29, 1.82) is 0 Å². The average Bonchev–Trinajstić information content (AvgIpc) is 2.26. The lowest BCUT2D eigenvalue weighted by atomic mass is 10.0. The fourth-order valence-electron chi connectivity index (χ4n) is 1.13. The van der Waals surface area contributed by atoms with Crippen LogP contribution in [0.25, 0.3) is 0 Å². The highest BCUT2D eigenvalue weighted by Gasteiger charge is 2.19. The van der Waals surface area contributed by atoms with Crippen LogP contribution in [-0.2, 0) is 4.74 Å². The van der Waals surface area contributed by atoms with Crippen molar-refractivity contribution in [2.24, 2.45) is 0 Å². The predicted octanol–water partition coefficient (Wildman–Crippen LogP) is 0.258. The summed E-state index contributed by atoms with van der Waals surface area (Å²) in [6.07, 6.45) is 0.554. The number of hydrogen-bond donors (Lipinski definition) is 3. The van der Waals surface area contributed by atoms with Crippen LogP contribution in [0.2, 0.25) is 0 Å². The summed E-state index contributed by atoms with van der Waals surface area (Å²) in [6, 6.07) is 3.37. The Balaban J connectivity index is 2.41. The van der Waals surface area contributed by atoms with E-state index in [0.29, 0.717) is 31.2 Å². The standard InChI is InChI=1S/C10H18N4O2/c1-10(15,5-6-16-2)7-12-9-4-3-8(11)13-14-9/h3-4,15H,5-7H2,1-2H3,(H2,11,13)(H,12,14). The zero-order valence-corrected chi connectivity index (χ0v) is 9.60. The summed E-state index contributed by atoms with van der Waals surface area (Å²) in [4.78, 5) is 0. The van der Waals surface area contributed by atoms with Crippen molar-refractivity contribution >= 4 is 11.6 Å². The smallest absolute Gasteiger partial charge is 0.148 e. The lowest BCUT2D eigenvalue weighted by Crippen LogP contribution is -2.34. The van der Waals surface area contributed by atoms with Crippen LogP contribution in [0.5, 0.6) is 0 Å². The van der Waals surface area contributed by atoms with Crippen molar-refractivity contribution in [2.45, 2.75) is 18.9 Å². The maximum Gasteiger partial charge on any atom is 0.148 e. The number of aliphatic hydroxyl groups is 1. The Labute approximate surface area is 94.8 Å². The zero-order valence-electron chi connectivity index (χ0n) is 9.60. The molecule has 0 amide bonds. The average molecular weight is 226 g/mol. The van der Waals surface area contributed by atoms with Crippen LogP contribution < -0.4 is 11.1 Å². The quantitative estimate of drug-likeness (QED) is 0.644. The minimum atomic E-state index is -0.834. The van der Waals surface area contributed by atoms with Crippen molar-refractivity contribution in [3.8, 4) is 0 Å². The Morgan fingerprint density at radius 2 is 2.25 bits per heavy atom. The van der Waals surface area contributed by atoms with E-state index in [-0.39, 0.29) is 0 Å². The highest BCUT2D eigenvalue weighted by molar-refractivity contribution is 5.38. The molecule has 1 rings (SSSR count). The number of methoxy groups -OCH3 is 1. The normalized spacial score (nSPS) is 14.4. The molecule has 0 aliphatic carbocycles. The van der Waals surface area contributed by atoms with Gasteiger partial charge in [0, 0.05) is 26.7 Å². The molecule has 0 aromatic carbocycles. The Hall–Kier alpha value is -1.40. The third kappa shape index (κ3) is 4.41. The van der Waals surface area contributed by atoms with Gasteiger partial charge in [-0.3, -0.25) is 0 Å². The SMILES string of the molecule is COCCC(C)(O)CNc1ccc(N)nn1. The van der Waals surface area contributed by atoms with E-state index >= 15 is 0 Å². The molecular weight excluding hydrogens is 208 g/mol. The summed E-state index contributed by atoms with van der Waals surface area (Å²) in [5.74, 6) is 0.962. The van der Waals surface area contributed by atoms with E-state index in [1.807, 2.05) is 0 Å². The number of aromatic nitrogens is 2. The predicted molar refractivity (Wildman–Crippen MR) is 62.1 cm³/mol. The molecule has 0 saturated heterocycles.